The van der Waals surface area contributed by atoms with E-state index in [-0.39, 0.29) is 18.7 Å². The first-order valence-electron chi connectivity index (χ1n) is 6.59. The number of nitrogens with one attached hydrogen (secondary N) is 2. The van der Waals surface area contributed by atoms with Crippen LogP contribution in [0, 0.1) is 5.82 Å². The highest BCUT2D eigenvalue weighted by Crippen LogP contribution is 2.09. The average Bonchev–Trinajstić information content (AvgIpc) is 2.84. The zero-order valence-corrected chi connectivity index (χ0v) is 11.3. The smallest absolute Gasteiger partial charge is 0.243 e. The molecule has 0 spiro atoms. The van der Waals surface area contributed by atoms with Crippen LogP contribution in [0.3, 0.4) is 0 Å². The second kappa shape index (κ2) is 6.34. The lowest BCUT2D eigenvalue weighted by Gasteiger charge is -2.18. The van der Waals surface area contributed by atoms with Gasteiger partial charge in [-0.2, -0.15) is 0 Å². The van der Waals surface area contributed by atoms with E-state index in [9.17, 15) is 18.8 Å². The Bertz CT molecular complexity index is 576. The molecule has 0 radical (unpaired) electrons. The van der Waals surface area contributed by atoms with Crippen LogP contribution in [0.1, 0.15) is 18.4 Å². The maximum Gasteiger partial charge on any atom is 0.243 e. The second-order valence-corrected chi connectivity index (χ2v) is 4.96. The van der Waals surface area contributed by atoms with Crippen molar-refractivity contribution in [3.63, 3.8) is 0 Å². The molecule has 0 unspecified atom stereocenters. The van der Waals surface area contributed by atoms with E-state index < -0.39 is 29.7 Å². The van der Waals surface area contributed by atoms with Crippen molar-refractivity contribution in [1.29, 1.82) is 0 Å². The van der Waals surface area contributed by atoms with Crippen LogP contribution in [-0.2, 0) is 20.8 Å². The predicted octanol–water partition coefficient (Wildman–Crippen LogP) is -0.383. The number of halogens is 1. The lowest BCUT2D eigenvalue weighted by molar-refractivity contribution is -0.129. The highest BCUT2D eigenvalue weighted by atomic mass is 19.1. The number of benzene rings is 1. The van der Waals surface area contributed by atoms with Gasteiger partial charge in [0.25, 0.3) is 0 Å². The van der Waals surface area contributed by atoms with Crippen molar-refractivity contribution in [2.75, 3.05) is 0 Å². The fourth-order valence-corrected chi connectivity index (χ4v) is 2.21. The first kappa shape index (κ1) is 15.0. The number of primary amides is 1. The van der Waals surface area contributed by atoms with Crippen molar-refractivity contribution in [2.24, 2.45) is 5.73 Å². The molecule has 1 saturated heterocycles. The van der Waals surface area contributed by atoms with Crippen molar-refractivity contribution >= 4 is 17.7 Å². The Hall–Kier alpha value is -2.44. The van der Waals surface area contributed by atoms with Gasteiger partial charge in [-0.3, -0.25) is 14.4 Å². The molecule has 0 bridgehead atoms. The van der Waals surface area contributed by atoms with Crippen molar-refractivity contribution in [1.82, 2.24) is 10.6 Å². The number of rotatable bonds is 5. The quantitative estimate of drug-likeness (QED) is 0.689. The van der Waals surface area contributed by atoms with Crippen LogP contribution < -0.4 is 16.4 Å². The van der Waals surface area contributed by atoms with E-state index in [2.05, 4.69) is 10.6 Å². The van der Waals surface area contributed by atoms with E-state index in [0.717, 1.165) is 0 Å². The Morgan fingerprint density at radius 3 is 2.81 bits per heavy atom. The fourth-order valence-electron chi connectivity index (χ4n) is 2.21. The largest absolute Gasteiger partial charge is 0.368 e. The van der Waals surface area contributed by atoms with Gasteiger partial charge in [0, 0.05) is 12.8 Å². The molecule has 1 heterocycles. The zero-order chi connectivity index (χ0) is 15.4. The fraction of sp³-hybridized carbons (Fsp3) is 0.357. The van der Waals surface area contributed by atoms with Crippen LogP contribution in [-0.4, -0.2) is 29.8 Å². The van der Waals surface area contributed by atoms with E-state index in [1.54, 1.807) is 6.07 Å². The van der Waals surface area contributed by atoms with E-state index >= 15 is 0 Å². The third kappa shape index (κ3) is 4.01. The maximum absolute atomic E-state index is 13.1. The van der Waals surface area contributed by atoms with Crippen LogP contribution in [0.2, 0.25) is 0 Å². The molecule has 112 valence electrons. The molecule has 0 aliphatic carbocycles. The number of hydrogen-bond acceptors (Lipinski definition) is 3. The molecule has 0 aromatic heterocycles. The van der Waals surface area contributed by atoms with Gasteiger partial charge in [0.1, 0.15) is 17.9 Å². The van der Waals surface area contributed by atoms with E-state index in [0.29, 0.717) is 12.0 Å². The Labute approximate surface area is 120 Å². The third-order valence-electron chi connectivity index (χ3n) is 3.30. The first-order valence-corrected chi connectivity index (χ1v) is 6.59. The summed E-state index contributed by atoms with van der Waals surface area (Å²) < 4.78 is 13.1. The third-order valence-corrected chi connectivity index (χ3v) is 3.30. The Balaban J connectivity index is 2.00. The summed E-state index contributed by atoms with van der Waals surface area (Å²) >= 11 is 0. The van der Waals surface area contributed by atoms with E-state index in [1.807, 2.05) is 0 Å². The van der Waals surface area contributed by atoms with Crippen LogP contribution in [0.15, 0.2) is 24.3 Å². The molecule has 2 atom stereocenters. The second-order valence-electron chi connectivity index (χ2n) is 4.96. The standard InChI is InChI=1S/C14H16FN3O3/c15-9-3-1-2-8(6-9)7-11(13(16)20)18-14(21)10-4-5-12(19)17-10/h1-3,6,10-11H,4-5,7H2,(H2,16,20)(H,17,19)(H,18,21)/t10-,11+/m0/s1. The molecule has 1 aliphatic rings. The zero-order valence-electron chi connectivity index (χ0n) is 11.3. The van der Waals surface area contributed by atoms with E-state index in [1.165, 1.54) is 18.2 Å². The molecule has 3 amide bonds. The summed E-state index contributed by atoms with van der Waals surface area (Å²) in [6, 6.07) is 4.13. The monoisotopic (exact) mass is 293 g/mol. The molecule has 0 saturated carbocycles. The molecule has 1 aliphatic heterocycles. The van der Waals surface area contributed by atoms with Crippen LogP contribution in [0.5, 0.6) is 0 Å². The molecule has 7 heteroatoms. The summed E-state index contributed by atoms with van der Waals surface area (Å²) in [7, 11) is 0. The molecule has 1 aromatic rings. The minimum Gasteiger partial charge on any atom is -0.368 e. The minimum absolute atomic E-state index is 0.0967. The lowest BCUT2D eigenvalue weighted by Crippen LogP contribution is -2.51. The molecule has 21 heavy (non-hydrogen) atoms. The van der Waals surface area contributed by atoms with Gasteiger partial charge in [-0.05, 0) is 24.1 Å². The summed E-state index contributed by atoms with van der Waals surface area (Å²) in [6.45, 7) is 0. The van der Waals surface area contributed by atoms with Gasteiger partial charge in [0.15, 0.2) is 0 Å². The Morgan fingerprint density at radius 2 is 2.24 bits per heavy atom. The molecular formula is C14H16FN3O3. The minimum atomic E-state index is -0.947. The summed E-state index contributed by atoms with van der Waals surface area (Å²) in [5.41, 5.74) is 5.81. The van der Waals surface area contributed by atoms with Gasteiger partial charge in [-0.25, -0.2) is 4.39 Å². The van der Waals surface area contributed by atoms with Gasteiger partial charge < -0.3 is 16.4 Å². The Morgan fingerprint density at radius 1 is 1.48 bits per heavy atom. The molecule has 2 rings (SSSR count). The molecular weight excluding hydrogens is 277 g/mol. The lowest BCUT2D eigenvalue weighted by atomic mass is 10.0. The van der Waals surface area contributed by atoms with Gasteiger partial charge >= 0.3 is 0 Å². The van der Waals surface area contributed by atoms with Crippen molar-refractivity contribution < 1.29 is 18.8 Å². The maximum atomic E-state index is 13.1. The number of carbonyl (C=O) groups is 3. The number of carbonyl (C=O) groups excluding carboxylic acids is 3. The van der Waals surface area contributed by atoms with Crippen molar-refractivity contribution in [2.45, 2.75) is 31.3 Å². The van der Waals surface area contributed by atoms with E-state index in [4.69, 9.17) is 5.73 Å². The van der Waals surface area contributed by atoms with Crippen LogP contribution >= 0.6 is 0 Å². The van der Waals surface area contributed by atoms with Gasteiger partial charge in [0.05, 0.1) is 0 Å². The summed E-state index contributed by atoms with van der Waals surface area (Å²) in [6.07, 6.45) is 0.763. The number of hydrogen-bond donors (Lipinski definition) is 3. The summed E-state index contributed by atoms with van der Waals surface area (Å²) in [5, 5.41) is 5.00. The number of nitrogens with two attached hydrogens (primary N) is 1. The molecule has 4 N–H and O–H groups in total. The van der Waals surface area contributed by atoms with Crippen LogP contribution in [0.4, 0.5) is 4.39 Å². The van der Waals surface area contributed by atoms with Crippen molar-refractivity contribution in [3.05, 3.63) is 35.6 Å². The number of amides is 3. The summed E-state index contributed by atoms with van der Waals surface area (Å²) in [4.78, 5) is 34.5. The van der Waals surface area contributed by atoms with Gasteiger partial charge in [0.2, 0.25) is 17.7 Å². The first-order chi connectivity index (χ1) is 9.95. The van der Waals surface area contributed by atoms with Crippen LogP contribution in [0.25, 0.3) is 0 Å². The molecule has 1 fully saturated rings. The Kier molecular flexibility index (Phi) is 4.52. The van der Waals surface area contributed by atoms with Gasteiger partial charge in [-0.1, -0.05) is 12.1 Å². The highest BCUT2D eigenvalue weighted by molar-refractivity contribution is 5.93. The normalized spacial score (nSPS) is 18.9. The molecule has 1 aromatic carbocycles. The predicted molar refractivity (Wildman–Crippen MR) is 72.4 cm³/mol. The SMILES string of the molecule is NC(=O)[C@@H](Cc1cccc(F)c1)NC(=O)[C@@H]1CCC(=O)N1. The molecule has 6 nitrogen and oxygen atoms in total. The van der Waals surface area contributed by atoms with Crippen molar-refractivity contribution in [3.8, 4) is 0 Å². The topological polar surface area (TPSA) is 101 Å². The highest BCUT2D eigenvalue weighted by Gasteiger charge is 2.29. The average molecular weight is 293 g/mol. The summed E-state index contributed by atoms with van der Waals surface area (Å²) in [5.74, 6) is -1.79. The van der Waals surface area contributed by atoms with Gasteiger partial charge in [-0.15, -0.1) is 0 Å².